The number of carbonyl (C=O) groups excluding carboxylic acids is 2. The first-order valence-electron chi connectivity index (χ1n) is 6.72. The molecule has 4 N–H and O–H groups in total. The lowest BCUT2D eigenvalue weighted by atomic mass is 10.2. The first-order chi connectivity index (χ1) is 10.6. The highest BCUT2D eigenvalue weighted by Crippen LogP contribution is 2.03. The molecular weight excluding hydrogens is 289 g/mol. The van der Waals surface area contributed by atoms with Crippen LogP contribution >= 0.6 is 0 Å². The number of benzene rings is 1. The molecule has 8 heteroatoms. The van der Waals surface area contributed by atoms with Crippen molar-refractivity contribution in [1.29, 1.82) is 0 Å². The molecule has 0 saturated carbocycles. The summed E-state index contributed by atoms with van der Waals surface area (Å²) in [5.74, 6) is -0.799. The van der Waals surface area contributed by atoms with Crippen LogP contribution in [-0.4, -0.2) is 35.2 Å². The van der Waals surface area contributed by atoms with Crippen LogP contribution < -0.4 is 16.0 Å². The Morgan fingerprint density at radius 2 is 2.05 bits per heavy atom. The first kappa shape index (κ1) is 15.5. The van der Waals surface area contributed by atoms with Gasteiger partial charge in [-0.3, -0.25) is 9.89 Å². The van der Waals surface area contributed by atoms with E-state index in [-0.39, 0.29) is 17.5 Å². The Hall–Kier alpha value is -2.90. The minimum Gasteiger partial charge on any atom is -0.352 e. The largest absolute Gasteiger partial charge is 0.352 e. The quantitative estimate of drug-likeness (QED) is 0.608. The van der Waals surface area contributed by atoms with Crippen LogP contribution in [0.3, 0.4) is 0 Å². The van der Waals surface area contributed by atoms with Crippen LogP contribution in [0.15, 0.2) is 36.7 Å². The number of nitrogens with one attached hydrogen (secondary N) is 4. The van der Waals surface area contributed by atoms with Crippen molar-refractivity contribution in [3.05, 3.63) is 48.0 Å². The van der Waals surface area contributed by atoms with Gasteiger partial charge in [0.25, 0.3) is 5.91 Å². The Balaban J connectivity index is 1.61. The topological polar surface area (TPSA) is 98.9 Å². The number of H-pyrrole nitrogens is 1. The van der Waals surface area contributed by atoms with Gasteiger partial charge in [0.15, 0.2) is 0 Å². The molecule has 2 aromatic rings. The molecule has 7 nitrogen and oxygen atoms in total. The van der Waals surface area contributed by atoms with Gasteiger partial charge in [0.05, 0.1) is 11.9 Å². The molecule has 0 aliphatic carbocycles. The van der Waals surface area contributed by atoms with Crippen LogP contribution in [0, 0.1) is 5.82 Å². The van der Waals surface area contributed by atoms with Crippen molar-refractivity contribution in [2.75, 3.05) is 18.4 Å². The fraction of sp³-hybridized carbons (Fsp3) is 0.214. The highest BCUT2D eigenvalue weighted by atomic mass is 19.1. The highest BCUT2D eigenvalue weighted by molar-refractivity contribution is 5.94. The van der Waals surface area contributed by atoms with Gasteiger partial charge in [0.2, 0.25) is 0 Å². The molecule has 0 spiro atoms. The van der Waals surface area contributed by atoms with E-state index in [1.165, 1.54) is 30.5 Å². The van der Waals surface area contributed by atoms with Crippen molar-refractivity contribution in [2.24, 2.45) is 0 Å². The van der Waals surface area contributed by atoms with Gasteiger partial charge in [-0.15, -0.1) is 0 Å². The predicted molar refractivity (Wildman–Crippen MR) is 79.0 cm³/mol. The second-order valence-electron chi connectivity index (χ2n) is 4.49. The summed E-state index contributed by atoms with van der Waals surface area (Å²) < 4.78 is 13.0. The molecule has 1 aromatic heterocycles. The molecular formula is C14H16FN5O2. The summed E-state index contributed by atoms with van der Waals surface area (Å²) in [5.41, 5.74) is 0.836. The van der Waals surface area contributed by atoms with Gasteiger partial charge in [-0.05, 0) is 24.6 Å². The van der Waals surface area contributed by atoms with Crippen LogP contribution in [0.4, 0.5) is 14.9 Å². The molecule has 0 aliphatic rings. The number of urea groups is 1. The first-order valence-corrected chi connectivity index (χ1v) is 6.72. The average Bonchev–Trinajstić information content (AvgIpc) is 2.99. The van der Waals surface area contributed by atoms with Gasteiger partial charge < -0.3 is 16.0 Å². The summed E-state index contributed by atoms with van der Waals surface area (Å²) >= 11 is 0. The van der Waals surface area contributed by atoms with Crippen LogP contribution in [-0.2, 0) is 0 Å². The van der Waals surface area contributed by atoms with Crippen molar-refractivity contribution >= 4 is 17.6 Å². The van der Waals surface area contributed by atoms with Crippen molar-refractivity contribution in [3.63, 3.8) is 0 Å². The average molecular weight is 305 g/mol. The lowest BCUT2D eigenvalue weighted by molar-refractivity contribution is 0.0953. The van der Waals surface area contributed by atoms with Crippen LogP contribution in [0.25, 0.3) is 0 Å². The number of hydrogen-bond acceptors (Lipinski definition) is 3. The Labute approximate surface area is 126 Å². The predicted octanol–water partition coefficient (Wildman–Crippen LogP) is 1.49. The summed E-state index contributed by atoms with van der Waals surface area (Å²) in [4.78, 5) is 23.2. The normalized spacial score (nSPS) is 10.0. The second-order valence-corrected chi connectivity index (χ2v) is 4.49. The van der Waals surface area contributed by atoms with Crippen LogP contribution in [0.1, 0.15) is 16.8 Å². The zero-order valence-corrected chi connectivity index (χ0v) is 11.7. The minimum absolute atomic E-state index is 0.269. The molecule has 0 aliphatic heterocycles. The Morgan fingerprint density at radius 3 is 2.77 bits per heavy atom. The number of hydrogen-bond donors (Lipinski definition) is 4. The Bertz CT molecular complexity index is 630. The minimum atomic E-state index is -0.453. The summed E-state index contributed by atoms with van der Waals surface area (Å²) in [6.07, 6.45) is 3.59. The standard InChI is InChI=1S/C14H16FN5O2/c15-11-4-1-3-10(7-11)13(21)16-5-2-6-17-14(22)20-12-8-18-19-9-12/h1,3-4,7-9H,2,5-6H2,(H,16,21)(H,18,19)(H2,17,20,22). The number of halogens is 1. The number of aromatic nitrogens is 2. The number of anilines is 1. The van der Waals surface area contributed by atoms with E-state index in [9.17, 15) is 14.0 Å². The van der Waals surface area contributed by atoms with Gasteiger partial charge >= 0.3 is 6.03 Å². The molecule has 1 aromatic carbocycles. The molecule has 0 fully saturated rings. The van der Waals surface area contributed by atoms with Gasteiger partial charge in [-0.25, -0.2) is 9.18 Å². The van der Waals surface area contributed by atoms with E-state index in [0.29, 0.717) is 25.2 Å². The maximum atomic E-state index is 13.0. The molecule has 0 radical (unpaired) electrons. The second kappa shape index (κ2) is 7.77. The van der Waals surface area contributed by atoms with Crippen molar-refractivity contribution < 1.29 is 14.0 Å². The SMILES string of the molecule is O=C(NCCCNC(=O)c1cccc(F)c1)Nc1cn[nH]c1. The molecule has 0 unspecified atom stereocenters. The monoisotopic (exact) mass is 305 g/mol. The third-order valence-electron chi connectivity index (χ3n) is 2.77. The Kier molecular flexibility index (Phi) is 5.47. The van der Waals surface area contributed by atoms with E-state index in [1.807, 2.05) is 0 Å². The lowest BCUT2D eigenvalue weighted by Gasteiger charge is -2.07. The molecule has 0 saturated heterocycles. The highest BCUT2D eigenvalue weighted by Gasteiger charge is 2.05. The maximum Gasteiger partial charge on any atom is 0.319 e. The smallest absolute Gasteiger partial charge is 0.319 e. The molecule has 0 bridgehead atoms. The molecule has 116 valence electrons. The summed E-state index contributed by atoms with van der Waals surface area (Å²) in [6, 6.07) is 5.12. The third-order valence-corrected chi connectivity index (χ3v) is 2.77. The van der Waals surface area contributed by atoms with E-state index >= 15 is 0 Å². The fourth-order valence-electron chi connectivity index (χ4n) is 1.72. The van der Waals surface area contributed by atoms with Gasteiger partial charge in [-0.2, -0.15) is 5.10 Å². The molecule has 0 atom stereocenters. The molecule has 22 heavy (non-hydrogen) atoms. The summed E-state index contributed by atoms with van der Waals surface area (Å²) in [7, 11) is 0. The molecule has 2 rings (SSSR count). The number of amides is 3. The summed E-state index contributed by atoms with van der Waals surface area (Å²) in [6.45, 7) is 0.772. The molecule has 1 heterocycles. The number of rotatable bonds is 6. The van der Waals surface area contributed by atoms with Gasteiger partial charge in [-0.1, -0.05) is 6.07 Å². The van der Waals surface area contributed by atoms with E-state index < -0.39 is 5.82 Å². The van der Waals surface area contributed by atoms with Crippen molar-refractivity contribution in [2.45, 2.75) is 6.42 Å². The maximum absolute atomic E-state index is 13.0. The van der Waals surface area contributed by atoms with E-state index in [4.69, 9.17) is 0 Å². The van der Waals surface area contributed by atoms with Crippen molar-refractivity contribution in [1.82, 2.24) is 20.8 Å². The third kappa shape index (κ3) is 4.89. The van der Waals surface area contributed by atoms with Gasteiger partial charge in [0, 0.05) is 24.8 Å². The van der Waals surface area contributed by atoms with Crippen LogP contribution in [0.5, 0.6) is 0 Å². The zero-order valence-electron chi connectivity index (χ0n) is 11.7. The number of carbonyl (C=O) groups is 2. The van der Waals surface area contributed by atoms with E-state index in [2.05, 4.69) is 26.1 Å². The van der Waals surface area contributed by atoms with Gasteiger partial charge in [0.1, 0.15) is 5.82 Å². The number of nitrogens with zero attached hydrogens (tertiary/aromatic N) is 1. The van der Waals surface area contributed by atoms with Crippen LogP contribution in [0.2, 0.25) is 0 Å². The lowest BCUT2D eigenvalue weighted by Crippen LogP contribution is -2.32. The zero-order chi connectivity index (χ0) is 15.8. The fourth-order valence-corrected chi connectivity index (χ4v) is 1.72. The number of aromatic amines is 1. The molecule has 3 amide bonds. The van der Waals surface area contributed by atoms with E-state index in [1.54, 1.807) is 6.20 Å². The van der Waals surface area contributed by atoms with Crippen molar-refractivity contribution in [3.8, 4) is 0 Å². The Morgan fingerprint density at radius 1 is 1.23 bits per heavy atom. The van der Waals surface area contributed by atoms with E-state index in [0.717, 1.165) is 0 Å². The summed E-state index contributed by atoms with van der Waals surface area (Å²) in [5, 5.41) is 14.1.